The van der Waals surface area contributed by atoms with Crippen molar-refractivity contribution < 1.29 is 0 Å². The number of hydrogen-bond donors (Lipinski definition) is 0. The fraction of sp³-hybridized carbons (Fsp3) is 0.391. The van der Waals surface area contributed by atoms with Gasteiger partial charge in [-0.05, 0) is 74.5 Å². The molecule has 2 aromatic carbocycles. The SMILES string of the molecule is CC(C)N1CCCC(Cn2cnc3ccc(-c4ccc(Cl)cc4)cc3c2=O)C1. The third kappa shape index (κ3) is 3.98. The largest absolute Gasteiger partial charge is 0.301 e. The first kappa shape index (κ1) is 19.2. The number of nitrogens with zero attached hydrogens (tertiary/aromatic N) is 3. The molecule has 1 atom stereocenters. The van der Waals surface area contributed by atoms with Crippen LogP contribution in [0, 0.1) is 5.92 Å². The maximum Gasteiger partial charge on any atom is 0.261 e. The summed E-state index contributed by atoms with van der Waals surface area (Å²) in [5, 5.41) is 1.38. The van der Waals surface area contributed by atoms with Crippen molar-refractivity contribution >= 4 is 22.5 Å². The van der Waals surface area contributed by atoms with Crippen molar-refractivity contribution in [2.75, 3.05) is 13.1 Å². The van der Waals surface area contributed by atoms with E-state index in [1.807, 2.05) is 42.5 Å². The average molecular weight is 396 g/mol. The lowest BCUT2D eigenvalue weighted by Crippen LogP contribution is -2.42. The van der Waals surface area contributed by atoms with Gasteiger partial charge in [-0.1, -0.05) is 29.8 Å². The van der Waals surface area contributed by atoms with Gasteiger partial charge in [0, 0.05) is 24.2 Å². The Labute approximate surface area is 170 Å². The Morgan fingerprint density at radius 2 is 1.89 bits per heavy atom. The van der Waals surface area contributed by atoms with Gasteiger partial charge in [-0.3, -0.25) is 9.36 Å². The molecular formula is C23H26ClN3O. The van der Waals surface area contributed by atoms with Crippen LogP contribution in [0.4, 0.5) is 0 Å². The van der Waals surface area contributed by atoms with Crippen molar-refractivity contribution in [3.8, 4) is 11.1 Å². The van der Waals surface area contributed by atoms with E-state index in [-0.39, 0.29) is 5.56 Å². The average Bonchev–Trinajstić information content (AvgIpc) is 2.71. The van der Waals surface area contributed by atoms with E-state index in [4.69, 9.17) is 11.6 Å². The fourth-order valence-corrected chi connectivity index (χ4v) is 4.23. The molecule has 1 saturated heterocycles. The lowest BCUT2D eigenvalue weighted by atomic mass is 9.97. The molecule has 1 aliphatic heterocycles. The summed E-state index contributed by atoms with van der Waals surface area (Å²) >= 11 is 6.00. The molecule has 0 saturated carbocycles. The maximum atomic E-state index is 13.1. The molecule has 0 bridgehead atoms. The van der Waals surface area contributed by atoms with Crippen molar-refractivity contribution in [3.05, 3.63) is 64.2 Å². The Balaban J connectivity index is 1.64. The molecule has 1 aliphatic rings. The Hall–Kier alpha value is -2.17. The molecule has 1 unspecified atom stereocenters. The molecule has 4 rings (SSSR count). The number of hydrogen-bond acceptors (Lipinski definition) is 3. The van der Waals surface area contributed by atoms with Crippen LogP contribution in [0.15, 0.2) is 53.6 Å². The van der Waals surface area contributed by atoms with E-state index >= 15 is 0 Å². The van der Waals surface area contributed by atoms with Crippen LogP contribution < -0.4 is 5.56 Å². The summed E-state index contributed by atoms with van der Waals surface area (Å²) < 4.78 is 1.79. The zero-order valence-electron chi connectivity index (χ0n) is 16.4. The minimum absolute atomic E-state index is 0.0440. The number of rotatable bonds is 4. The van der Waals surface area contributed by atoms with Gasteiger partial charge in [-0.2, -0.15) is 0 Å². The van der Waals surface area contributed by atoms with E-state index in [9.17, 15) is 4.79 Å². The first-order valence-corrected chi connectivity index (χ1v) is 10.4. The predicted molar refractivity (Wildman–Crippen MR) is 116 cm³/mol. The molecule has 2 heterocycles. The van der Waals surface area contributed by atoms with Crippen molar-refractivity contribution in [3.63, 3.8) is 0 Å². The number of halogens is 1. The van der Waals surface area contributed by atoms with Crippen LogP contribution >= 0.6 is 11.6 Å². The minimum atomic E-state index is 0.0440. The summed E-state index contributed by atoms with van der Waals surface area (Å²) in [6, 6.07) is 14.1. The smallest absolute Gasteiger partial charge is 0.261 e. The molecular weight excluding hydrogens is 370 g/mol. The molecule has 0 radical (unpaired) electrons. The van der Waals surface area contributed by atoms with E-state index in [0.29, 0.717) is 22.4 Å². The number of benzene rings is 2. The third-order valence-electron chi connectivity index (χ3n) is 5.74. The molecule has 1 fully saturated rings. The van der Waals surface area contributed by atoms with Gasteiger partial charge in [-0.15, -0.1) is 0 Å². The molecule has 0 spiro atoms. The number of likely N-dealkylation sites (tertiary alicyclic amines) is 1. The second-order valence-electron chi connectivity index (χ2n) is 8.04. The fourth-order valence-electron chi connectivity index (χ4n) is 4.10. The van der Waals surface area contributed by atoms with E-state index in [1.165, 1.54) is 12.8 Å². The predicted octanol–water partition coefficient (Wildman–Crippen LogP) is 4.84. The monoisotopic (exact) mass is 395 g/mol. The second-order valence-corrected chi connectivity index (χ2v) is 8.47. The molecule has 5 heteroatoms. The minimum Gasteiger partial charge on any atom is -0.301 e. The van der Waals surface area contributed by atoms with E-state index in [2.05, 4.69) is 23.7 Å². The topological polar surface area (TPSA) is 38.1 Å². The zero-order valence-corrected chi connectivity index (χ0v) is 17.2. The van der Waals surface area contributed by atoms with Crippen molar-refractivity contribution in [2.45, 2.75) is 39.3 Å². The molecule has 0 amide bonds. The molecule has 1 aromatic heterocycles. The summed E-state index contributed by atoms with van der Waals surface area (Å²) in [6.07, 6.45) is 4.07. The van der Waals surface area contributed by atoms with Crippen LogP contribution in [0.25, 0.3) is 22.0 Å². The molecule has 3 aromatic rings. The highest BCUT2D eigenvalue weighted by Gasteiger charge is 2.22. The van der Waals surface area contributed by atoms with E-state index in [0.717, 1.165) is 36.3 Å². The summed E-state index contributed by atoms with van der Waals surface area (Å²) in [5.74, 6) is 0.493. The van der Waals surface area contributed by atoms with Crippen LogP contribution in [0.5, 0.6) is 0 Å². The van der Waals surface area contributed by atoms with Gasteiger partial charge in [0.25, 0.3) is 5.56 Å². The first-order chi connectivity index (χ1) is 13.5. The summed E-state index contributed by atoms with van der Waals surface area (Å²) in [5.41, 5.74) is 2.83. The Kier molecular flexibility index (Phi) is 5.51. The maximum absolute atomic E-state index is 13.1. The number of piperidine rings is 1. The van der Waals surface area contributed by atoms with Gasteiger partial charge in [-0.25, -0.2) is 4.98 Å². The lowest BCUT2D eigenvalue weighted by molar-refractivity contribution is 0.130. The van der Waals surface area contributed by atoms with Gasteiger partial charge in [0.15, 0.2) is 0 Å². The van der Waals surface area contributed by atoms with Crippen molar-refractivity contribution in [1.29, 1.82) is 0 Å². The van der Waals surface area contributed by atoms with Gasteiger partial charge < -0.3 is 4.90 Å². The molecule has 146 valence electrons. The molecule has 4 nitrogen and oxygen atoms in total. The van der Waals surface area contributed by atoms with Crippen LogP contribution in [-0.2, 0) is 6.54 Å². The van der Waals surface area contributed by atoms with Crippen LogP contribution in [0.1, 0.15) is 26.7 Å². The highest BCUT2D eigenvalue weighted by Crippen LogP contribution is 2.24. The quantitative estimate of drug-likeness (QED) is 0.634. The van der Waals surface area contributed by atoms with Gasteiger partial charge in [0.2, 0.25) is 0 Å². The second kappa shape index (κ2) is 8.06. The van der Waals surface area contributed by atoms with Gasteiger partial charge in [0.1, 0.15) is 0 Å². The third-order valence-corrected chi connectivity index (χ3v) is 5.99. The normalized spacial score (nSPS) is 18.1. The van der Waals surface area contributed by atoms with Gasteiger partial charge in [0.05, 0.1) is 17.2 Å². The molecule has 0 N–H and O–H groups in total. The van der Waals surface area contributed by atoms with Crippen LogP contribution in [0.2, 0.25) is 5.02 Å². The summed E-state index contributed by atoms with van der Waals surface area (Å²) in [6.45, 7) is 7.42. The summed E-state index contributed by atoms with van der Waals surface area (Å²) in [7, 11) is 0. The number of fused-ring (bicyclic) bond motifs is 1. The molecule has 0 aliphatic carbocycles. The zero-order chi connectivity index (χ0) is 19.7. The molecule has 28 heavy (non-hydrogen) atoms. The standard InChI is InChI=1S/C23H26ClN3O/c1-16(2)26-11-3-4-17(13-26)14-27-15-25-22-10-7-19(12-21(22)23(27)28)18-5-8-20(24)9-6-18/h5-10,12,15-17H,3-4,11,13-14H2,1-2H3. The van der Waals surface area contributed by atoms with Crippen LogP contribution in [0.3, 0.4) is 0 Å². The van der Waals surface area contributed by atoms with E-state index < -0.39 is 0 Å². The van der Waals surface area contributed by atoms with Crippen molar-refractivity contribution in [1.82, 2.24) is 14.5 Å². The number of aromatic nitrogens is 2. The van der Waals surface area contributed by atoms with Gasteiger partial charge >= 0.3 is 0 Å². The van der Waals surface area contributed by atoms with Crippen LogP contribution in [-0.4, -0.2) is 33.6 Å². The van der Waals surface area contributed by atoms with Crippen molar-refractivity contribution in [2.24, 2.45) is 5.92 Å². The summed E-state index contributed by atoms with van der Waals surface area (Å²) in [4.78, 5) is 20.2. The lowest BCUT2D eigenvalue weighted by Gasteiger charge is -2.35. The first-order valence-electron chi connectivity index (χ1n) is 10.0. The van der Waals surface area contributed by atoms with E-state index in [1.54, 1.807) is 10.9 Å². The Morgan fingerprint density at radius 3 is 2.64 bits per heavy atom. The highest BCUT2D eigenvalue weighted by atomic mass is 35.5. The Morgan fingerprint density at radius 1 is 1.14 bits per heavy atom. The Bertz CT molecular complexity index is 1030. The highest BCUT2D eigenvalue weighted by molar-refractivity contribution is 6.30.